The fraction of sp³-hybridized carbons (Fsp3) is 0.350. The Balaban J connectivity index is 1.65. The van der Waals surface area contributed by atoms with Gasteiger partial charge in [0.05, 0.1) is 18.8 Å². The lowest BCUT2D eigenvalue weighted by Gasteiger charge is -2.45. The van der Waals surface area contributed by atoms with E-state index in [1.165, 1.54) is 6.07 Å². The van der Waals surface area contributed by atoms with E-state index in [-0.39, 0.29) is 24.7 Å². The van der Waals surface area contributed by atoms with Crippen LogP contribution in [0.25, 0.3) is 4.85 Å². The molecule has 28 heavy (non-hydrogen) atoms. The molecule has 0 unspecified atom stereocenters. The maximum Gasteiger partial charge on any atom is 0.318 e. The highest BCUT2D eigenvalue weighted by Crippen LogP contribution is 2.32. The van der Waals surface area contributed by atoms with Gasteiger partial charge in [0.25, 0.3) is 0 Å². The number of rotatable bonds is 3. The molecule has 2 heterocycles. The van der Waals surface area contributed by atoms with Gasteiger partial charge in [-0.05, 0) is 38.1 Å². The molecule has 1 fully saturated rings. The summed E-state index contributed by atoms with van der Waals surface area (Å²) in [6.07, 6.45) is 0. The molecule has 1 aliphatic rings. The van der Waals surface area contributed by atoms with E-state index in [9.17, 15) is 9.18 Å². The van der Waals surface area contributed by atoms with Gasteiger partial charge in [-0.15, -0.1) is 0 Å². The van der Waals surface area contributed by atoms with Gasteiger partial charge in [0.1, 0.15) is 0 Å². The monoisotopic (exact) mass is 401 g/mol. The molecule has 2 atom stereocenters. The minimum Gasteiger partial charge on any atom is -0.365 e. The van der Waals surface area contributed by atoms with Crippen LogP contribution < -0.4 is 10.2 Å². The van der Waals surface area contributed by atoms with Crippen LogP contribution in [-0.2, 0) is 6.54 Å². The molecular weight excluding hydrogens is 381 g/mol. The SMILES string of the molecule is [C-]#[N+]c1ccc(N2C[C@@H](C)N(C(=O)NCc3cccc(F)n3)C[C@@H]2C)cc1Cl. The molecule has 0 radical (unpaired) electrons. The quantitative estimate of drug-likeness (QED) is 0.618. The summed E-state index contributed by atoms with van der Waals surface area (Å²) in [7, 11) is 0. The van der Waals surface area contributed by atoms with E-state index < -0.39 is 5.95 Å². The highest BCUT2D eigenvalue weighted by Gasteiger charge is 2.32. The zero-order valence-corrected chi connectivity index (χ0v) is 16.4. The Morgan fingerprint density at radius 1 is 1.32 bits per heavy atom. The van der Waals surface area contributed by atoms with E-state index in [1.54, 1.807) is 29.2 Å². The van der Waals surface area contributed by atoms with Crippen LogP contribution in [0.4, 0.5) is 20.6 Å². The number of nitrogens with zero attached hydrogens (tertiary/aromatic N) is 4. The van der Waals surface area contributed by atoms with Crippen molar-refractivity contribution in [3.8, 4) is 0 Å². The van der Waals surface area contributed by atoms with Crippen LogP contribution in [-0.4, -0.2) is 41.1 Å². The molecule has 2 amide bonds. The van der Waals surface area contributed by atoms with Gasteiger partial charge in [-0.2, -0.15) is 4.39 Å². The number of pyridine rings is 1. The topological polar surface area (TPSA) is 52.8 Å². The Bertz CT molecular complexity index is 916. The predicted molar refractivity (Wildman–Crippen MR) is 107 cm³/mol. The molecule has 1 aliphatic heterocycles. The molecule has 2 aromatic rings. The second-order valence-corrected chi connectivity index (χ2v) is 7.27. The van der Waals surface area contributed by atoms with Crippen molar-refractivity contribution in [2.24, 2.45) is 0 Å². The van der Waals surface area contributed by atoms with E-state index >= 15 is 0 Å². The average molecular weight is 402 g/mol. The minimum atomic E-state index is -0.565. The van der Waals surface area contributed by atoms with Gasteiger partial charge in [0, 0.05) is 35.9 Å². The highest BCUT2D eigenvalue weighted by atomic mass is 35.5. The third kappa shape index (κ3) is 4.34. The van der Waals surface area contributed by atoms with E-state index in [0.29, 0.717) is 29.5 Å². The Morgan fingerprint density at radius 2 is 2.11 bits per heavy atom. The van der Waals surface area contributed by atoms with Crippen LogP contribution in [0.2, 0.25) is 5.02 Å². The number of anilines is 1. The normalized spacial score (nSPS) is 19.2. The Hall–Kier alpha value is -2.85. The van der Waals surface area contributed by atoms with Crippen molar-refractivity contribution in [2.75, 3.05) is 18.0 Å². The number of carbonyl (C=O) groups is 1. The molecule has 1 saturated heterocycles. The second kappa shape index (κ2) is 8.44. The average Bonchev–Trinajstić information content (AvgIpc) is 2.67. The van der Waals surface area contributed by atoms with Crippen molar-refractivity contribution in [3.63, 3.8) is 0 Å². The van der Waals surface area contributed by atoms with E-state index in [4.69, 9.17) is 18.2 Å². The third-order valence-corrected chi connectivity index (χ3v) is 5.13. The summed E-state index contributed by atoms with van der Waals surface area (Å²) in [5.41, 5.74) is 1.83. The van der Waals surface area contributed by atoms with Crippen molar-refractivity contribution < 1.29 is 9.18 Å². The summed E-state index contributed by atoms with van der Waals surface area (Å²) in [5.74, 6) is -0.565. The molecule has 0 aliphatic carbocycles. The molecule has 1 aromatic heterocycles. The lowest BCUT2D eigenvalue weighted by atomic mass is 10.1. The maximum absolute atomic E-state index is 13.2. The molecule has 3 rings (SSSR count). The standard InChI is InChI=1S/C20H21ClFN5O/c1-13-12-27(20(28)24-10-15-5-4-6-19(22)25-15)14(2)11-26(13)16-7-8-18(23-3)17(21)9-16/h4-9,13-14H,10-12H2,1-2H3,(H,24,28)/t13-,14+/m0/s1. The first-order valence-electron chi connectivity index (χ1n) is 8.98. The fourth-order valence-electron chi connectivity index (χ4n) is 3.35. The Morgan fingerprint density at radius 3 is 2.79 bits per heavy atom. The summed E-state index contributed by atoms with van der Waals surface area (Å²) in [5, 5.41) is 3.24. The Kier molecular flexibility index (Phi) is 6.00. The van der Waals surface area contributed by atoms with Crippen LogP contribution in [0.15, 0.2) is 36.4 Å². The summed E-state index contributed by atoms with van der Waals surface area (Å²) in [6.45, 7) is 12.5. The van der Waals surface area contributed by atoms with Crippen molar-refractivity contribution in [2.45, 2.75) is 32.5 Å². The Labute approximate surface area is 168 Å². The van der Waals surface area contributed by atoms with Crippen LogP contribution >= 0.6 is 11.6 Å². The third-order valence-electron chi connectivity index (χ3n) is 4.82. The van der Waals surface area contributed by atoms with Crippen LogP contribution in [0, 0.1) is 12.5 Å². The van der Waals surface area contributed by atoms with Gasteiger partial charge in [0.2, 0.25) is 11.6 Å². The summed E-state index contributed by atoms with van der Waals surface area (Å²) in [4.78, 5) is 23.7. The fourth-order valence-corrected chi connectivity index (χ4v) is 3.57. The highest BCUT2D eigenvalue weighted by molar-refractivity contribution is 6.33. The number of halogens is 2. The number of benzene rings is 1. The van der Waals surface area contributed by atoms with Gasteiger partial charge in [-0.3, -0.25) is 0 Å². The number of amides is 2. The van der Waals surface area contributed by atoms with Gasteiger partial charge in [-0.25, -0.2) is 14.6 Å². The molecule has 8 heteroatoms. The molecular formula is C20H21ClFN5O. The largest absolute Gasteiger partial charge is 0.365 e. The molecule has 0 bridgehead atoms. The molecule has 0 spiro atoms. The number of hydrogen-bond acceptors (Lipinski definition) is 3. The number of nitrogens with one attached hydrogen (secondary N) is 1. The molecule has 6 nitrogen and oxygen atoms in total. The first-order chi connectivity index (χ1) is 13.4. The summed E-state index contributed by atoms with van der Waals surface area (Å²) < 4.78 is 13.2. The molecule has 1 aromatic carbocycles. The number of hydrogen-bond donors (Lipinski definition) is 1. The van der Waals surface area contributed by atoms with Crippen molar-refractivity contribution >= 4 is 29.0 Å². The smallest absolute Gasteiger partial charge is 0.318 e. The van der Waals surface area contributed by atoms with Crippen molar-refractivity contribution in [3.05, 3.63) is 64.5 Å². The molecule has 146 valence electrons. The van der Waals surface area contributed by atoms with Crippen LogP contribution in [0.1, 0.15) is 19.5 Å². The minimum absolute atomic E-state index is 0.0315. The molecule has 1 N–H and O–H groups in total. The van der Waals surface area contributed by atoms with Gasteiger partial charge < -0.3 is 15.1 Å². The van der Waals surface area contributed by atoms with Crippen molar-refractivity contribution in [1.29, 1.82) is 0 Å². The summed E-state index contributed by atoms with van der Waals surface area (Å²) >= 11 is 6.17. The number of piperazine rings is 1. The van der Waals surface area contributed by atoms with E-state index in [2.05, 4.69) is 20.0 Å². The number of aromatic nitrogens is 1. The number of urea groups is 1. The van der Waals surface area contributed by atoms with Crippen molar-refractivity contribution in [1.82, 2.24) is 15.2 Å². The first kappa shape index (κ1) is 19.9. The van der Waals surface area contributed by atoms with Gasteiger partial charge in [-0.1, -0.05) is 23.7 Å². The maximum atomic E-state index is 13.2. The van der Waals surface area contributed by atoms with Crippen LogP contribution in [0.5, 0.6) is 0 Å². The zero-order chi connectivity index (χ0) is 20.3. The summed E-state index contributed by atoms with van der Waals surface area (Å²) in [6, 6.07) is 9.74. The van der Waals surface area contributed by atoms with Gasteiger partial charge in [0.15, 0.2) is 0 Å². The van der Waals surface area contributed by atoms with E-state index in [1.807, 2.05) is 19.9 Å². The first-order valence-corrected chi connectivity index (χ1v) is 9.36. The van der Waals surface area contributed by atoms with Gasteiger partial charge >= 0.3 is 6.03 Å². The predicted octanol–water partition coefficient (Wildman–Crippen LogP) is 4.23. The molecule has 0 saturated carbocycles. The number of carbonyl (C=O) groups excluding carboxylic acids is 1. The lowest BCUT2D eigenvalue weighted by Crippen LogP contribution is -2.60. The van der Waals surface area contributed by atoms with E-state index in [0.717, 1.165) is 5.69 Å². The van der Waals surface area contributed by atoms with Crippen LogP contribution in [0.3, 0.4) is 0 Å². The zero-order valence-electron chi connectivity index (χ0n) is 15.7. The second-order valence-electron chi connectivity index (χ2n) is 6.86. The lowest BCUT2D eigenvalue weighted by molar-refractivity contribution is 0.160.